The van der Waals surface area contributed by atoms with Gasteiger partial charge in [-0.2, -0.15) is 0 Å². The van der Waals surface area contributed by atoms with Crippen molar-refractivity contribution in [3.05, 3.63) is 59.7 Å². The average molecular weight is 686 g/mol. The van der Waals surface area contributed by atoms with Crippen molar-refractivity contribution in [1.82, 2.24) is 15.1 Å². The molecular weight excluding hydrogens is 646 g/mol. The molecule has 0 bridgehead atoms. The molecule has 2 aliphatic rings. The molecule has 15 heteroatoms. The lowest BCUT2D eigenvalue weighted by Crippen LogP contribution is -2.58. The lowest BCUT2D eigenvalue weighted by atomic mass is 9.91. The number of piperazine rings is 1. The minimum absolute atomic E-state index is 0. The van der Waals surface area contributed by atoms with Crippen molar-refractivity contribution in [1.29, 1.82) is 0 Å². The molecule has 248 valence electrons. The zero-order valence-corrected chi connectivity index (χ0v) is 28.0. The van der Waals surface area contributed by atoms with Crippen molar-refractivity contribution in [3.63, 3.8) is 0 Å². The highest BCUT2D eigenvalue weighted by Crippen LogP contribution is 2.28. The maximum atomic E-state index is 13.6. The molecule has 2 amide bonds. The van der Waals surface area contributed by atoms with E-state index >= 15 is 0 Å². The maximum absolute atomic E-state index is 13.6. The minimum atomic E-state index is -3.41. The number of benzene rings is 2. The van der Waals surface area contributed by atoms with Gasteiger partial charge in [-0.3, -0.25) is 9.59 Å². The molecule has 45 heavy (non-hydrogen) atoms. The fourth-order valence-corrected chi connectivity index (χ4v) is 6.85. The van der Waals surface area contributed by atoms with Crippen LogP contribution in [0.3, 0.4) is 0 Å². The van der Waals surface area contributed by atoms with Crippen molar-refractivity contribution in [3.8, 4) is 0 Å². The summed E-state index contributed by atoms with van der Waals surface area (Å²) in [6.45, 7) is 1.20. The number of sulfone groups is 2. The minimum Gasteiger partial charge on any atom is -0.463 e. The first-order valence-electron chi connectivity index (χ1n) is 14.4. The number of hydrogen-bond acceptors (Lipinski definition) is 10. The highest BCUT2D eigenvalue weighted by molar-refractivity contribution is 7.91. The lowest BCUT2D eigenvalue weighted by molar-refractivity contribution is -0.151. The predicted molar refractivity (Wildman–Crippen MR) is 169 cm³/mol. The number of rotatable bonds is 10. The molecule has 0 spiro atoms. The van der Waals surface area contributed by atoms with Crippen LogP contribution in [0.4, 0.5) is 4.79 Å². The summed E-state index contributed by atoms with van der Waals surface area (Å²) >= 11 is 0. The molecule has 2 aliphatic heterocycles. The Morgan fingerprint density at radius 3 is 2.07 bits per heavy atom. The molecule has 2 fully saturated rings. The van der Waals surface area contributed by atoms with Gasteiger partial charge in [0.25, 0.3) is 0 Å². The van der Waals surface area contributed by atoms with E-state index in [1.54, 1.807) is 29.2 Å². The highest BCUT2D eigenvalue weighted by Gasteiger charge is 2.35. The van der Waals surface area contributed by atoms with Gasteiger partial charge in [0, 0.05) is 38.2 Å². The van der Waals surface area contributed by atoms with E-state index in [9.17, 15) is 31.2 Å². The molecule has 3 atom stereocenters. The van der Waals surface area contributed by atoms with E-state index in [4.69, 9.17) is 9.47 Å². The number of esters is 1. The fraction of sp³-hybridized carbons (Fsp3) is 0.500. The van der Waals surface area contributed by atoms with Gasteiger partial charge >= 0.3 is 12.1 Å². The predicted octanol–water partition coefficient (Wildman–Crippen LogP) is 2.21. The van der Waals surface area contributed by atoms with Gasteiger partial charge in [0.15, 0.2) is 19.7 Å². The average Bonchev–Trinajstić information content (AvgIpc) is 3.51. The van der Waals surface area contributed by atoms with Gasteiger partial charge in [-0.25, -0.2) is 21.6 Å². The van der Waals surface area contributed by atoms with Crippen molar-refractivity contribution in [2.24, 2.45) is 0 Å². The first kappa shape index (κ1) is 36.3. The topological polar surface area (TPSA) is 156 Å². The zero-order valence-electron chi connectivity index (χ0n) is 25.5. The summed E-state index contributed by atoms with van der Waals surface area (Å²) in [5.41, 5.74) is 1.25. The van der Waals surface area contributed by atoms with Gasteiger partial charge in [-0.05, 0) is 61.2 Å². The lowest BCUT2D eigenvalue weighted by Gasteiger charge is -2.40. The van der Waals surface area contributed by atoms with Gasteiger partial charge < -0.3 is 24.6 Å². The number of methoxy groups -OCH3 is 1. The van der Waals surface area contributed by atoms with Crippen LogP contribution in [-0.2, 0) is 45.2 Å². The summed E-state index contributed by atoms with van der Waals surface area (Å²) < 4.78 is 58.2. The van der Waals surface area contributed by atoms with Crippen molar-refractivity contribution in [2.75, 3.05) is 52.4 Å². The molecule has 3 unspecified atom stereocenters. The van der Waals surface area contributed by atoms with E-state index in [1.165, 1.54) is 36.3 Å². The van der Waals surface area contributed by atoms with Gasteiger partial charge in [0.1, 0.15) is 6.61 Å². The Bertz CT molecular complexity index is 1560. The fourth-order valence-electron chi connectivity index (χ4n) is 5.59. The number of hydrogen-bond donors (Lipinski definition) is 1. The third kappa shape index (κ3) is 9.65. The van der Waals surface area contributed by atoms with Gasteiger partial charge in [-0.1, -0.05) is 24.3 Å². The molecule has 2 heterocycles. The second-order valence-corrected chi connectivity index (χ2v) is 15.3. The number of carbonyl (C=O) groups excluding carboxylic acids is 3. The van der Waals surface area contributed by atoms with Crippen molar-refractivity contribution in [2.45, 2.75) is 53.5 Å². The Labute approximate surface area is 270 Å². The Balaban J connectivity index is 0.00000552. The molecule has 12 nitrogen and oxygen atoms in total. The van der Waals surface area contributed by atoms with Crippen LogP contribution in [0, 0.1) is 0 Å². The van der Waals surface area contributed by atoms with E-state index in [0.717, 1.165) is 31.9 Å². The monoisotopic (exact) mass is 685 g/mol. The normalized spacial score (nSPS) is 19.4. The van der Waals surface area contributed by atoms with Crippen LogP contribution in [0.25, 0.3) is 0 Å². The molecule has 2 saturated heterocycles. The second-order valence-electron chi connectivity index (χ2n) is 11.3. The van der Waals surface area contributed by atoms with Crippen LogP contribution in [0.2, 0.25) is 0 Å². The van der Waals surface area contributed by atoms with Crippen LogP contribution in [0.1, 0.15) is 36.3 Å². The molecule has 2 aromatic carbocycles. The maximum Gasteiger partial charge on any atom is 0.409 e. The molecule has 0 aliphatic carbocycles. The number of carbonyl (C=O) groups is 3. The van der Waals surface area contributed by atoms with Crippen LogP contribution >= 0.6 is 12.4 Å². The summed E-state index contributed by atoms with van der Waals surface area (Å²) in [4.78, 5) is 42.6. The Kier molecular flexibility index (Phi) is 12.4. The number of nitrogens with one attached hydrogen (secondary N) is 1. The summed E-state index contributed by atoms with van der Waals surface area (Å²) in [5, 5.41) is 3.39. The SMILES string of the molecule is COC(=O)N1CCN(C(=O)Cc2ccc(S(C)(=O)=O)cc2)C(COC(=O)C(CC2CCCN2)c2ccc(S(C)(=O)=O)cc2)C1.Cl. The molecule has 4 rings (SSSR count). The third-order valence-electron chi connectivity index (χ3n) is 8.04. The molecule has 2 aromatic rings. The van der Waals surface area contributed by atoms with Crippen LogP contribution in [0.15, 0.2) is 58.3 Å². The van der Waals surface area contributed by atoms with Gasteiger partial charge in [0.05, 0.1) is 35.3 Å². The third-order valence-corrected chi connectivity index (χ3v) is 10.3. The smallest absolute Gasteiger partial charge is 0.409 e. The summed E-state index contributed by atoms with van der Waals surface area (Å²) in [5.74, 6) is -1.44. The molecule has 0 radical (unpaired) electrons. The largest absolute Gasteiger partial charge is 0.463 e. The Hall–Kier alpha value is -3.20. The standard InChI is InChI=1S/C30H39N3O9S2.ClH/c1-41-30(36)32-15-16-33(28(34)17-21-6-10-25(11-7-21)43(2,37)38)24(19-32)20-42-29(35)27(18-23-5-4-14-31-23)22-8-12-26(13-9-22)44(3,39)40;/h6-13,23-24,27,31H,4-5,14-20H2,1-3H3;1H. The summed E-state index contributed by atoms with van der Waals surface area (Å²) in [7, 11) is -5.52. The first-order chi connectivity index (χ1) is 20.8. The van der Waals surface area contributed by atoms with E-state index in [0.29, 0.717) is 17.5 Å². The van der Waals surface area contributed by atoms with Crippen molar-refractivity contribution < 1.29 is 40.7 Å². The summed E-state index contributed by atoms with van der Waals surface area (Å²) in [6, 6.07) is 11.7. The molecular formula is C30H40ClN3O9S2. The number of amides is 2. The van der Waals surface area contributed by atoms with Gasteiger partial charge in [0.2, 0.25) is 5.91 Å². The Morgan fingerprint density at radius 1 is 0.933 bits per heavy atom. The zero-order chi connectivity index (χ0) is 32.1. The quantitative estimate of drug-likeness (QED) is 0.368. The highest BCUT2D eigenvalue weighted by atomic mass is 35.5. The number of ether oxygens (including phenoxy) is 2. The van der Waals surface area contributed by atoms with E-state index in [1.807, 2.05) is 0 Å². The van der Waals surface area contributed by atoms with E-state index < -0.39 is 43.7 Å². The van der Waals surface area contributed by atoms with E-state index in [-0.39, 0.29) is 66.8 Å². The number of halogens is 1. The molecule has 0 aromatic heterocycles. The van der Waals surface area contributed by atoms with Crippen LogP contribution < -0.4 is 5.32 Å². The Morgan fingerprint density at radius 2 is 1.53 bits per heavy atom. The van der Waals surface area contributed by atoms with Gasteiger partial charge in [-0.15, -0.1) is 12.4 Å². The summed E-state index contributed by atoms with van der Waals surface area (Å²) in [6.07, 6.45) is 4.02. The second kappa shape index (κ2) is 15.4. The number of nitrogens with zero attached hydrogens (tertiary/aromatic N) is 2. The molecule has 0 saturated carbocycles. The van der Waals surface area contributed by atoms with Crippen molar-refractivity contribution >= 4 is 50.1 Å². The van der Waals surface area contributed by atoms with Crippen LogP contribution in [0.5, 0.6) is 0 Å². The van der Waals surface area contributed by atoms with Crippen LogP contribution in [-0.4, -0.2) is 109 Å². The molecule has 1 N–H and O–H groups in total. The first-order valence-corrected chi connectivity index (χ1v) is 18.2. The van der Waals surface area contributed by atoms with E-state index in [2.05, 4.69) is 5.32 Å².